The molecule has 1 saturated heterocycles. The van der Waals surface area contributed by atoms with Gasteiger partial charge in [-0.1, -0.05) is 26.0 Å². The maximum absolute atomic E-state index is 15.2. The third-order valence-electron chi connectivity index (χ3n) is 13.4. The SMILES string of the molecule is CC(C)Oc1ccc(-c2cc(O[C@@H]3C[C@H]4C(=O)N[C@]5(C(=O)NS(=O)(=O)C6(C)CC6)C[C@H]5/C=C\CC[C@H](C)C[C@@H](C)[C@H](N(C(=O)O)C(C)(C)C(F)(F)F)C(=O)N4C3)cc(-c3cnccn3)n2)cc1. The number of amides is 4. The molecular weight excluding hydrogens is 896 g/mol. The van der Waals surface area contributed by atoms with Gasteiger partial charge >= 0.3 is 12.3 Å². The van der Waals surface area contributed by atoms with Gasteiger partial charge in [-0.05, 0) is 109 Å². The number of carbonyl (C=O) groups is 4. The average molecular weight is 954 g/mol. The minimum Gasteiger partial charge on any atom is -0.491 e. The monoisotopic (exact) mass is 953 g/mol. The zero-order chi connectivity index (χ0) is 48.9. The molecule has 2 aromatic heterocycles. The second-order valence-electron chi connectivity index (χ2n) is 19.5. The van der Waals surface area contributed by atoms with E-state index < -0.39 is 85.9 Å². The number of carbonyl (C=O) groups excluding carboxylic acids is 3. The molecule has 3 aromatic rings. The van der Waals surface area contributed by atoms with Crippen LogP contribution in [0.2, 0.25) is 0 Å². The number of aromatic nitrogens is 3. The Morgan fingerprint density at radius 3 is 2.31 bits per heavy atom. The molecule has 0 radical (unpaired) electrons. The van der Waals surface area contributed by atoms with E-state index >= 15 is 4.79 Å². The fourth-order valence-electron chi connectivity index (χ4n) is 9.04. The fourth-order valence-corrected chi connectivity index (χ4v) is 10.3. The van der Waals surface area contributed by atoms with Crippen molar-refractivity contribution < 1.29 is 55.3 Å². The van der Waals surface area contributed by atoms with Crippen LogP contribution in [0.25, 0.3) is 22.6 Å². The van der Waals surface area contributed by atoms with Gasteiger partial charge in [-0.25, -0.2) is 18.2 Å². The van der Waals surface area contributed by atoms with Crippen molar-refractivity contribution in [2.45, 2.75) is 140 Å². The Bertz CT molecular complexity index is 2500. The normalized spacial score (nSPS) is 27.1. The van der Waals surface area contributed by atoms with Crippen molar-refractivity contribution in [1.82, 2.24) is 34.8 Å². The van der Waals surface area contributed by atoms with Crippen molar-refractivity contribution in [2.24, 2.45) is 17.8 Å². The molecule has 67 heavy (non-hydrogen) atoms. The number of pyridine rings is 1. The van der Waals surface area contributed by atoms with Crippen LogP contribution < -0.4 is 19.5 Å². The van der Waals surface area contributed by atoms with Crippen LogP contribution in [0.4, 0.5) is 18.0 Å². The summed E-state index contributed by atoms with van der Waals surface area (Å²) < 4.78 is 84.7. The van der Waals surface area contributed by atoms with Gasteiger partial charge in [0, 0.05) is 42.4 Å². The van der Waals surface area contributed by atoms with Gasteiger partial charge in [0.25, 0.3) is 5.91 Å². The molecule has 1 aromatic carbocycles. The molecule has 4 heterocycles. The Hall–Kier alpha value is -5.79. The van der Waals surface area contributed by atoms with Crippen LogP contribution in [-0.2, 0) is 24.4 Å². The first-order chi connectivity index (χ1) is 31.4. The number of allylic oxidation sites excluding steroid dienone is 1. The van der Waals surface area contributed by atoms with Crippen LogP contribution in [-0.4, -0.2) is 115 Å². The molecule has 4 amide bonds. The number of alkyl halides is 3. The lowest BCUT2D eigenvalue weighted by atomic mass is 9.85. The van der Waals surface area contributed by atoms with E-state index in [0.717, 1.165) is 4.90 Å². The first kappa shape index (κ1) is 49.1. The number of benzene rings is 1. The van der Waals surface area contributed by atoms with E-state index in [9.17, 15) is 41.1 Å². The van der Waals surface area contributed by atoms with Crippen molar-refractivity contribution in [3.63, 3.8) is 0 Å². The summed E-state index contributed by atoms with van der Waals surface area (Å²) in [6, 6.07) is 6.97. The first-order valence-electron chi connectivity index (χ1n) is 22.5. The predicted molar refractivity (Wildman–Crippen MR) is 240 cm³/mol. The number of nitrogens with zero attached hydrogens (tertiary/aromatic N) is 5. The Morgan fingerprint density at radius 2 is 1.70 bits per heavy atom. The van der Waals surface area contributed by atoms with Crippen LogP contribution in [0, 0.1) is 17.8 Å². The van der Waals surface area contributed by atoms with E-state index in [-0.39, 0.29) is 48.5 Å². The molecule has 3 N–H and O–H groups in total. The second kappa shape index (κ2) is 18.4. The third-order valence-corrected chi connectivity index (χ3v) is 15.6. The molecule has 7 rings (SSSR count). The predicted octanol–water partition coefficient (Wildman–Crippen LogP) is 6.92. The summed E-state index contributed by atoms with van der Waals surface area (Å²) in [5.74, 6) is -3.88. The van der Waals surface area contributed by atoms with Gasteiger partial charge in [0.1, 0.15) is 46.5 Å². The van der Waals surface area contributed by atoms with E-state index in [2.05, 4.69) is 20.0 Å². The molecule has 0 bridgehead atoms. The molecule has 16 nitrogen and oxygen atoms in total. The van der Waals surface area contributed by atoms with Crippen molar-refractivity contribution in [2.75, 3.05) is 6.54 Å². The van der Waals surface area contributed by atoms with Gasteiger partial charge < -0.3 is 24.8 Å². The Morgan fingerprint density at radius 1 is 1.01 bits per heavy atom. The number of hydrogen-bond donors (Lipinski definition) is 3. The summed E-state index contributed by atoms with van der Waals surface area (Å²) in [6.45, 7) is 9.69. The Labute approximate surface area is 388 Å². The quantitative estimate of drug-likeness (QED) is 0.167. The highest BCUT2D eigenvalue weighted by molar-refractivity contribution is 7.91. The second-order valence-corrected chi connectivity index (χ2v) is 21.7. The molecule has 0 spiro atoms. The van der Waals surface area contributed by atoms with Crippen LogP contribution >= 0.6 is 0 Å². The van der Waals surface area contributed by atoms with Crippen molar-refractivity contribution in [1.29, 1.82) is 0 Å². The lowest BCUT2D eigenvalue weighted by Gasteiger charge is -2.45. The molecule has 20 heteroatoms. The minimum absolute atomic E-state index is 0.0329. The van der Waals surface area contributed by atoms with Gasteiger partial charge in [-0.15, -0.1) is 0 Å². The average Bonchev–Trinajstić information content (AvgIpc) is 4.13. The van der Waals surface area contributed by atoms with Gasteiger partial charge in [0.05, 0.1) is 35.0 Å². The molecule has 3 fully saturated rings. The standard InChI is InChI=1S/C47H58F3N7O9S/c1-27(2)65-32-14-12-30(13-15-32)35-21-33(22-36(53-35)37-25-51-18-19-52-37)66-34-23-38-40(58)54-46(42(60)55-67(63,64)45(7)16-17-45)24-31(46)11-9-8-10-28(3)20-29(4)39(41(59)56(38)26-34)57(43(61)62)44(5,6)47(48,49)50/h9,11-15,18-19,21-22,25,27-29,31,34,38-39H,8,10,16-17,20,23-24,26H2,1-7H3,(H,54,58)(H,55,60)(H,61,62)/b11-9-/t28-,29+,31+,34+,38-,39-,46+/m0/s1. The van der Waals surface area contributed by atoms with Crippen LogP contribution in [0.5, 0.6) is 11.5 Å². The lowest BCUT2D eigenvalue weighted by Crippen LogP contribution is -2.66. The topological polar surface area (TPSA) is 210 Å². The molecule has 2 saturated carbocycles. The third kappa shape index (κ3) is 10.2. The smallest absolute Gasteiger partial charge is 0.411 e. The Kier molecular flexibility index (Phi) is 13.5. The van der Waals surface area contributed by atoms with Crippen LogP contribution in [0.1, 0.15) is 93.4 Å². The Balaban J connectivity index is 1.30. The van der Waals surface area contributed by atoms with Crippen LogP contribution in [0.3, 0.4) is 0 Å². The van der Waals surface area contributed by atoms with Crippen molar-refractivity contribution >= 4 is 33.8 Å². The van der Waals surface area contributed by atoms with Crippen molar-refractivity contribution in [3.05, 3.63) is 67.1 Å². The maximum Gasteiger partial charge on any atom is 0.411 e. The molecule has 7 atom stereocenters. The summed E-state index contributed by atoms with van der Waals surface area (Å²) in [5, 5.41) is 13.3. The number of sulfonamides is 1. The molecule has 362 valence electrons. The number of ether oxygens (including phenoxy) is 2. The lowest BCUT2D eigenvalue weighted by molar-refractivity contribution is -0.222. The molecular formula is C47H58F3N7O9S. The first-order valence-corrected chi connectivity index (χ1v) is 24.0. The number of fused-ring (bicyclic) bond motifs is 2. The highest BCUT2D eigenvalue weighted by atomic mass is 32.2. The number of nitrogens with one attached hydrogen (secondary N) is 2. The zero-order valence-electron chi connectivity index (χ0n) is 38.5. The molecule has 0 unspecified atom stereocenters. The molecule has 4 aliphatic rings. The van der Waals surface area contributed by atoms with Gasteiger partial charge in [-0.2, -0.15) is 13.2 Å². The minimum atomic E-state index is -5.12. The van der Waals surface area contributed by atoms with Gasteiger partial charge in [0.15, 0.2) is 0 Å². The van der Waals surface area contributed by atoms with E-state index in [1.807, 2.05) is 20.8 Å². The van der Waals surface area contributed by atoms with E-state index in [4.69, 9.17) is 14.5 Å². The van der Waals surface area contributed by atoms with Crippen molar-refractivity contribution in [3.8, 4) is 34.1 Å². The summed E-state index contributed by atoms with van der Waals surface area (Å²) >= 11 is 0. The van der Waals surface area contributed by atoms with E-state index in [1.54, 1.807) is 48.6 Å². The number of hydrogen-bond acceptors (Lipinski definition) is 11. The maximum atomic E-state index is 15.2. The number of halogens is 3. The summed E-state index contributed by atoms with van der Waals surface area (Å²) in [4.78, 5) is 71.8. The van der Waals surface area contributed by atoms with Gasteiger partial charge in [0.2, 0.25) is 21.8 Å². The summed E-state index contributed by atoms with van der Waals surface area (Å²) in [6.07, 6.45) is 1.39. The highest BCUT2D eigenvalue weighted by Crippen LogP contribution is 2.48. The van der Waals surface area contributed by atoms with Gasteiger partial charge in [-0.3, -0.25) is 34.0 Å². The molecule has 2 aliphatic carbocycles. The van der Waals surface area contributed by atoms with E-state index in [0.29, 0.717) is 67.9 Å². The summed E-state index contributed by atoms with van der Waals surface area (Å²) in [5.41, 5.74) is -2.95. The van der Waals surface area contributed by atoms with E-state index in [1.165, 1.54) is 32.4 Å². The molecule has 2 aliphatic heterocycles. The van der Waals surface area contributed by atoms with Crippen LogP contribution in [0.15, 0.2) is 67.1 Å². The summed E-state index contributed by atoms with van der Waals surface area (Å²) in [7, 11) is -4.15. The fraction of sp³-hybridized carbons (Fsp3) is 0.553. The number of rotatable bonds is 11. The zero-order valence-corrected chi connectivity index (χ0v) is 39.4. The highest BCUT2D eigenvalue weighted by Gasteiger charge is 2.64. The largest absolute Gasteiger partial charge is 0.491 e. The number of carboxylic acid groups (broad SMARTS) is 1.